The molecule has 0 spiro atoms. The van der Waals surface area contributed by atoms with Crippen molar-refractivity contribution in [3.8, 4) is 0 Å². The number of anilines is 1. The van der Waals surface area contributed by atoms with Crippen molar-refractivity contribution < 1.29 is 18.1 Å². The minimum Gasteiger partial charge on any atom is -0.383 e. The molecule has 1 aliphatic rings. The van der Waals surface area contributed by atoms with Crippen molar-refractivity contribution in [2.24, 2.45) is 7.05 Å². The number of nitro benzene ring substituents is 1. The van der Waals surface area contributed by atoms with Gasteiger partial charge in [-0.2, -0.15) is 4.31 Å². The maximum atomic E-state index is 12.8. The highest BCUT2D eigenvalue weighted by atomic mass is 32.2. The maximum Gasteiger partial charge on any atom is 0.269 e. The van der Waals surface area contributed by atoms with Crippen LogP contribution in [0.15, 0.2) is 41.4 Å². The quantitative estimate of drug-likeness (QED) is 0.371. The van der Waals surface area contributed by atoms with E-state index in [1.165, 1.54) is 33.3 Å². The summed E-state index contributed by atoms with van der Waals surface area (Å²) >= 11 is 0. The lowest BCUT2D eigenvalue weighted by molar-refractivity contribution is -0.384. The van der Waals surface area contributed by atoms with Gasteiger partial charge < -0.3 is 15.2 Å². The largest absolute Gasteiger partial charge is 0.383 e. The highest BCUT2D eigenvalue weighted by Crippen LogP contribution is 2.22. The molecule has 2 aromatic rings. The summed E-state index contributed by atoms with van der Waals surface area (Å²) in [6, 6.07) is 7.39. The van der Waals surface area contributed by atoms with E-state index in [9.17, 15) is 23.3 Å². The van der Waals surface area contributed by atoms with Gasteiger partial charge in [-0.1, -0.05) is 6.42 Å². The highest BCUT2D eigenvalue weighted by molar-refractivity contribution is 7.89. The molecule has 11 heteroatoms. The number of carbonyl (C=O) groups is 1. The van der Waals surface area contributed by atoms with Gasteiger partial charge in [0.25, 0.3) is 11.6 Å². The minimum absolute atomic E-state index is 0.00729. The average molecular weight is 436 g/mol. The topological polar surface area (TPSA) is 127 Å². The molecule has 0 saturated carbocycles. The third-order valence-electron chi connectivity index (χ3n) is 4.98. The molecule has 0 radical (unpaired) electrons. The number of hydrogen-bond donors (Lipinski definition) is 2. The Labute approximate surface area is 175 Å². The molecule has 30 heavy (non-hydrogen) atoms. The number of aromatic nitrogens is 1. The maximum absolute atomic E-state index is 12.8. The van der Waals surface area contributed by atoms with E-state index in [1.54, 1.807) is 19.2 Å². The lowest BCUT2D eigenvalue weighted by Crippen LogP contribution is -2.35. The second kappa shape index (κ2) is 9.26. The summed E-state index contributed by atoms with van der Waals surface area (Å²) in [5, 5.41) is 16.5. The third kappa shape index (κ3) is 4.97. The zero-order valence-electron chi connectivity index (χ0n) is 16.7. The molecule has 1 aromatic heterocycles. The van der Waals surface area contributed by atoms with Crippen LogP contribution in [-0.2, 0) is 17.1 Å². The lowest BCUT2D eigenvalue weighted by atomic mass is 10.2. The number of piperidine rings is 1. The molecule has 0 aliphatic carbocycles. The fourth-order valence-electron chi connectivity index (χ4n) is 3.33. The molecule has 2 N–H and O–H groups in total. The summed E-state index contributed by atoms with van der Waals surface area (Å²) < 4.78 is 28.6. The first-order valence-corrected chi connectivity index (χ1v) is 11.2. The van der Waals surface area contributed by atoms with Gasteiger partial charge in [-0.15, -0.1) is 0 Å². The third-order valence-corrected chi connectivity index (χ3v) is 6.85. The van der Waals surface area contributed by atoms with Crippen LogP contribution in [0.2, 0.25) is 0 Å². The summed E-state index contributed by atoms with van der Waals surface area (Å²) in [5.74, 6) is -0.372. The zero-order valence-corrected chi connectivity index (χ0v) is 17.5. The number of aryl methyl sites for hydroxylation is 1. The summed E-state index contributed by atoms with van der Waals surface area (Å²) in [6.45, 7) is 1.72. The van der Waals surface area contributed by atoms with Gasteiger partial charge in [-0.25, -0.2) is 8.42 Å². The van der Waals surface area contributed by atoms with Gasteiger partial charge in [0.15, 0.2) is 0 Å². The van der Waals surface area contributed by atoms with Gasteiger partial charge in [0.2, 0.25) is 10.0 Å². The van der Waals surface area contributed by atoms with Crippen LogP contribution in [0.3, 0.4) is 0 Å². The molecule has 0 bridgehead atoms. The zero-order chi connectivity index (χ0) is 21.7. The Bertz CT molecular complexity index is 1010. The Morgan fingerprint density at radius 1 is 1.13 bits per heavy atom. The van der Waals surface area contributed by atoms with E-state index in [0.717, 1.165) is 19.3 Å². The molecule has 2 heterocycles. The number of hydrogen-bond acceptors (Lipinski definition) is 6. The number of amides is 1. The van der Waals surface area contributed by atoms with Crippen molar-refractivity contribution in [1.82, 2.24) is 14.2 Å². The number of nitrogens with one attached hydrogen (secondary N) is 2. The highest BCUT2D eigenvalue weighted by Gasteiger charge is 2.28. The smallest absolute Gasteiger partial charge is 0.269 e. The number of non-ortho nitro benzene ring substituents is 1. The second-order valence-corrected chi connectivity index (χ2v) is 9.06. The molecule has 162 valence electrons. The molecule has 1 amide bonds. The number of nitro groups is 1. The summed E-state index contributed by atoms with van der Waals surface area (Å²) in [6.07, 6.45) is 4.19. The SMILES string of the molecule is Cn1cc(S(=O)(=O)N2CCCCC2)cc1C(=O)NCCNc1ccc([N+](=O)[O-])cc1. The Morgan fingerprint density at radius 2 is 1.80 bits per heavy atom. The molecule has 0 unspecified atom stereocenters. The van der Waals surface area contributed by atoms with Gasteiger partial charge in [0, 0.05) is 57.2 Å². The molecule has 1 saturated heterocycles. The molecular weight excluding hydrogens is 410 g/mol. The van der Waals surface area contributed by atoms with E-state index >= 15 is 0 Å². The van der Waals surface area contributed by atoms with Gasteiger partial charge >= 0.3 is 0 Å². The Balaban J connectivity index is 1.55. The van der Waals surface area contributed by atoms with Crippen LogP contribution in [0.25, 0.3) is 0 Å². The molecule has 1 aromatic carbocycles. The van der Waals surface area contributed by atoms with Crippen molar-refractivity contribution in [2.75, 3.05) is 31.5 Å². The van der Waals surface area contributed by atoms with Crippen LogP contribution in [0.4, 0.5) is 11.4 Å². The average Bonchev–Trinajstić information content (AvgIpc) is 3.14. The van der Waals surface area contributed by atoms with Crippen LogP contribution in [0.5, 0.6) is 0 Å². The molecule has 10 nitrogen and oxygen atoms in total. The summed E-state index contributed by atoms with van der Waals surface area (Å²) in [5.41, 5.74) is 0.970. The van der Waals surface area contributed by atoms with E-state index in [4.69, 9.17) is 0 Å². The van der Waals surface area contributed by atoms with E-state index in [1.807, 2.05) is 0 Å². The molecule has 1 aliphatic heterocycles. The van der Waals surface area contributed by atoms with Crippen LogP contribution in [0, 0.1) is 10.1 Å². The number of carbonyl (C=O) groups excluding carboxylic acids is 1. The monoisotopic (exact) mass is 435 g/mol. The standard InChI is InChI=1S/C19H25N5O5S/c1-22-14-17(30(28,29)23-11-3-2-4-12-23)13-18(22)19(25)21-10-9-20-15-5-7-16(8-6-15)24(26)27/h5-8,13-14,20H,2-4,9-12H2,1H3,(H,21,25). The molecule has 3 rings (SSSR count). The van der Waals surface area contributed by atoms with Gasteiger partial charge in [-0.05, 0) is 31.0 Å². The fourth-order valence-corrected chi connectivity index (χ4v) is 4.92. The van der Waals surface area contributed by atoms with Crippen molar-refractivity contribution in [2.45, 2.75) is 24.2 Å². The van der Waals surface area contributed by atoms with Gasteiger partial charge in [0.1, 0.15) is 10.6 Å². The van der Waals surface area contributed by atoms with Gasteiger partial charge in [0.05, 0.1) is 4.92 Å². The summed E-state index contributed by atoms with van der Waals surface area (Å²) in [4.78, 5) is 22.8. The number of rotatable bonds is 8. The number of nitrogens with zero attached hydrogens (tertiary/aromatic N) is 3. The van der Waals surface area contributed by atoms with Crippen LogP contribution < -0.4 is 10.6 Å². The Kier molecular flexibility index (Phi) is 6.73. The minimum atomic E-state index is -3.60. The first-order chi connectivity index (χ1) is 14.3. The normalized spacial score (nSPS) is 15.0. The van der Waals surface area contributed by atoms with Crippen molar-refractivity contribution in [3.63, 3.8) is 0 Å². The Morgan fingerprint density at radius 3 is 2.43 bits per heavy atom. The summed E-state index contributed by atoms with van der Waals surface area (Å²) in [7, 11) is -1.96. The van der Waals surface area contributed by atoms with Crippen molar-refractivity contribution >= 4 is 27.3 Å². The number of benzene rings is 1. The lowest BCUT2D eigenvalue weighted by Gasteiger charge is -2.25. The van der Waals surface area contributed by atoms with Crippen LogP contribution in [0.1, 0.15) is 29.8 Å². The molecular formula is C19H25N5O5S. The predicted octanol–water partition coefficient (Wildman–Crippen LogP) is 1.95. The molecule has 1 fully saturated rings. The van der Waals surface area contributed by atoms with Crippen LogP contribution >= 0.6 is 0 Å². The van der Waals surface area contributed by atoms with E-state index < -0.39 is 14.9 Å². The first-order valence-electron chi connectivity index (χ1n) is 9.72. The van der Waals surface area contributed by atoms with Crippen molar-refractivity contribution in [3.05, 3.63) is 52.3 Å². The van der Waals surface area contributed by atoms with E-state index in [2.05, 4.69) is 10.6 Å². The first kappa shape index (κ1) is 21.8. The fraction of sp³-hybridized carbons (Fsp3) is 0.421. The van der Waals surface area contributed by atoms with Crippen molar-refractivity contribution in [1.29, 1.82) is 0 Å². The van der Waals surface area contributed by atoms with E-state index in [0.29, 0.717) is 31.9 Å². The number of sulfonamides is 1. The van der Waals surface area contributed by atoms with E-state index in [-0.39, 0.29) is 22.2 Å². The second-order valence-electron chi connectivity index (χ2n) is 7.12. The van der Waals surface area contributed by atoms with Crippen LogP contribution in [-0.4, -0.2) is 54.3 Å². The van der Waals surface area contributed by atoms with Gasteiger partial charge in [-0.3, -0.25) is 14.9 Å². The predicted molar refractivity (Wildman–Crippen MR) is 112 cm³/mol. The Hall–Kier alpha value is -2.92. The molecule has 0 atom stereocenters.